The van der Waals surface area contributed by atoms with Crippen molar-refractivity contribution in [2.45, 2.75) is 58.5 Å². The molecule has 0 aliphatic heterocycles. The molecule has 0 fully saturated rings. The Morgan fingerprint density at radius 1 is 1.19 bits per heavy atom. The van der Waals surface area contributed by atoms with Gasteiger partial charge in [0.05, 0.1) is 10.7 Å². The Morgan fingerprint density at radius 3 is 2.69 bits per heavy atom. The fourth-order valence-electron chi connectivity index (χ4n) is 2.30. The maximum Gasteiger partial charge on any atom is 0.290 e. The molecular formula is C18H27N5O3. The van der Waals surface area contributed by atoms with Gasteiger partial charge in [-0.2, -0.15) is 0 Å². The van der Waals surface area contributed by atoms with E-state index in [1.165, 1.54) is 0 Å². The number of unbranched alkanes of at least 4 members (excludes halogenated alkanes) is 3. The molecule has 142 valence electrons. The van der Waals surface area contributed by atoms with Crippen molar-refractivity contribution in [3.63, 3.8) is 0 Å². The number of nitrogens with one attached hydrogen (secondary N) is 2. The van der Waals surface area contributed by atoms with E-state index in [-0.39, 0.29) is 11.5 Å². The van der Waals surface area contributed by atoms with Crippen molar-refractivity contribution in [2.24, 2.45) is 0 Å². The first-order chi connectivity index (χ1) is 12.3. The van der Waals surface area contributed by atoms with Crippen LogP contribution in [0.1, 0.15) is 52.9 Å². The number of carbonyl (C=O) groups excluding carboxylic acids is 1. The van der Waals surface area contributed by atoms with E-state index < -0.39 is 0 Å². The van der Waals surface area contributed by atoms with Crippen LogP contribution in [-0.4, -0.2) is 28.1 Å². The van der Waals surface area contributed by atoms with Gasteiger partial charge >= 0.3 is 0 Å². The second-order valence-electron chi connectivity index (χ2n) is 7.13. The minimum Gasteiger partial charge on any atom is -0.594 e. The molecule has 1 aromatic heterocycles. The number of rotatable bonds is 9. The van der Waals surface area contributed by atoms with Gasteiger partial charge in [-0.15, -0.1) is 0 Å². The summed E-state index contributed by atoms with van der Waals surface area (Å²) in [4.78, 5) is 21.7. The highest BCUT2D eigenvalue weighted by Crippen LogP contribution is 2.09. The molecular weight excluding hydrogens is 334 g/mol. The molecule has 2 rings (SSSR count). The number of nitrogens with zero attached hydrogens (tertiary/aromatic N) is 3. The van der Waals surface area contributed by atoms with Crippen LogP contribution in [0.4, 0.5) is 5.95 Å². The van der Waals surface area contributed by atoms with Crippen LogP contribution in [0, 0.1) is 5.21 Å². The minimum absolute atomic E-state index is 0.0948. The third-order valence-corrected chi connectivity index (χ3v) is 3.58. The van der Waals surface area contributed by atoms with Gasteiger partial charge in [-0.3, -0.25) is 9.63 Å². The quantitative estimate of drug-likeness (QED) is 0.308. The highest BCUT2D eigenvalue weighted by Gasteiger charge is 2.12. The molecule has 0 atom stereocenters. The molecule has 26 heavy (non-hydrogen) atoms. The molecule has 0 spiro atoms. The standard InChI is InChI=1S/C18H27N5O3/c1-18(2,3)26-22-16(24)12-6-4-5-9-13-19-17-20-14-10-7-8-11-15(14)23(25)21-17/h7-8,10-11H,4-6,9,12-13H2,1-3H3,(H,22,24)(H,19,20,21). The smallest absolute Gasteiger partial charge is 0.290 e. The minimum atomic E-state index is -0.381. The first-order valence-corrected chi connectivity index (χ1v) is 8.92. The molecule has 0 bridgehead atoms. The molecule has 0 aliphatic carbocycles. The Labute approximate surface area is 153 Å². The first-order valence-electron chi connectivity index (χ1n) is 8.92. The zero-order valence-corrected chi connectivity index (χ0v) is 15.6. The lowest BCUT2D eigenvalue weighted by molar-refractivity contribution is -0.641. The molecule has 1 heterocycles. The predicted molar refractivity (Wildman–Crippen MR) is 99.1 cm³/mol. The summed E-state index contributed by atoms with van der Waals surface area (Å²) in [5, 5.41) is 18.8. The fraction of sp³-hybridized carbons (Fsp3) is 0.556. The summed E-state index contributed by atoms with van der Waals surface area (Å²) >= 11 is 0. The van der Waals surface area contributed by atoms with E-state index in [0.717, 1.165) is 25.7 Å². The van der Waals surface area contributed by atoms with E-state index in [9.17, 15) is 10.0 Å². The van der Waals surface area contributed by atoms with E-state index >= 15 is 0 Å². The van der Waals surface area contributed by atoms with Crippen LogP contribution in [0.3, 0.4) is 0 Å². The van der Waals surface area contributed by atoms with Crippen LogP contribution in [0.15, 0.2) is 24.3 Å². The van der Waals surface area contributed by atoms with E-state index in [2.05, 4.69) is 20.9 Å². The Bertz CT molecular complexity index is 730. The summed E-state index contributed by atoms with van der Waals surface area (Å²) in [6.45, 7) is 6.33. The van der Waals surface area contributed by atoms with Crippen LogP contribution < -0.4 is 15.6 Å². The van der Waals surface area contributed by atoms with Crippen LogP contribution >= 0.6 is 0 Å². The summed E-state index contributed by atoms with van der Waals surface area (Å²) in [6.07, 6.45) is 4.10. The average molecular weight is 361 g/mol. The largest absolute Gasteiger partial charge is 0.594 e. The second kappa shape index (κ2) is 9.28. The number of amides is 1. The first kappa shape index (κ1) is 19.8. The SMILES string of the molecule is CC(C)(C)ONC(=O)CCCCCCNc1nc2ccccc2[n+]([O-])n1. The van der Waals surface area contributed by atoms with Gasteiger partial charge < -0.3 is 10.5 Å². The topological polar surface area (TPSA) is 103 Å². The Balaban J connectivity index is 1.60. The number of carbonyl (C=O) groups is 1. The third kappa shape index (κ3) is 6.79. The van der Waals surface area contributed by atoms with Gasteiger partial charge in [0.15, 0.2) is 0 Å². The lowest BCUT2D eigenvalue weighted by Crippen LogP contribution is -2.33. The number of fused-ring (bicyclic) bond motifs is 1. The molecule has 0 saturated carbocycles. The highest BCUT2D eigenvalue weighted by atomic mass is 16.7. The van der Waals surface area contributed by atoms with Gasteiger partial charge in [0.1, 0.15) is 5.52 Å². The molecule has 0 aliphatic rings. The van der Waals surface area contributed by atoms with Gasteiger partial charge in [-0.05, 0) is 44.5 Å². The Morgan fingerprint density at radius 2 is 1.92 bits per heavy atom. The Kier molecular flexibility index (Phi) is 7.08. The fourth-order valence-corrected chi connectivity index (χ4v) is 2.30. The number of aromatic nitrogens is 3. The average Bonchev–Trinajstić information content (AvgIpc) is 2.58. The van der Waals surface area contributed by atoms with E-state index in [0.29, 0.717) is 34.8 Å². The Hall–Kier alpha value is -2.48. The molecule has 0 saturated heterocycles. The third-order valence-electron chi connectivity index (χ3n) is 3.58. The number of benzene rings is 1. The normalized spacial score (nSPS) is 11.5. The molecule has 8 nitrogen and oxygen atoms in total. The van der Waals surface area contributed by atoms with Crippen molar-refractivity contribution < 1.29 is 14.5 Å². The highest BCUT2D eigenvalue weighted by molar-refractivity contribution is 5.74. The zero-order chi connectivity index (χ0) is 19.0. The van der Waals surface area contributed by atoms with E-state index in [1.807, 2.05) is 26.8 Å². The summed E-state index contributed by atoms with van der Waals surface area (Å²) in [6, 6.07) is 7.09. The summed E-state index contributed by atoms with van der Waals surface area (Å²) in [5.41, 5.74) is 3.15. The number of para-hydroxylation sites is 2. The molecule has 0 radical (unpaired) electrons. The molecule has 0 unspecified atom stereocenters. The summed E-state index contributed by atoms with van der Waals surface area (Å²) in [7, 11) is 0. The molecule has 8 heteroatoms. The number of hydrogen-bond donors (Lipinski definition) is 2. The maximum absolute atomic E-state index is 11.8. The van der Waals surface area contributed by atoms with Gasteiger partial charge in [0, 0.05) is 19.0 Å². The second-order valence-corrected chi connectivity index (χ2v) is 7.13. The van der Waals surface area contributed by atoms with Crippen LogP contribution in [-0.2, 0) is 9.63 Å². The molecule has 1 amide bonds. The maximum atomic E-state index is 11.8. The summed E-state index contributed by atoms with van der Waals surface area (Å²) in [5.74, 6) is 0.236. The van der Waals surface area contributed by atoms with Crippen molar-refractivity contribution in [2.75, 3.05) is 11.9 Å². The predicted octanol–water partition coefficient (Wildman–Crippen LogP) is 2.47. The van der Waals surface area contributed by atoms with Gasteiger partial charge in [-0.1, -0.05) is 25.0 Å². The van der Waals surface area contributed by atoms with Gasteiger partial charge in [0.2, 0.25) is 5.91 Å². The van der Waals surface area contributed by atoms with Crippen molar-refractivity contribution in [1.82, 2.24) is 15.6 Å². The van der Waals surface area contributed by atoms with Crippen molar-refractivity contribution in [1.29, 1.82) is 0 Å². The van der Waals surface area contributed by atoms with E-state index in [1.54, 1.807) is 18.2 Å². The number of anilines is 1. The number of hydrogen-bond acceptors (Lipinski definition) is 6. The van der Waals surface area contributed by atoms with Gasteiger partial charge in [0.25, 0.3) is 11.5 Å². The molecule has 2 N–H and O–H groups in total. The lowest BCUT2D eigenvalue weighted by Gasteiger charge is -2.18. The van der Waals surface area contributed by atoms with Crippen molar-refractivity contribution >= 4 is 22.9 Å². The monoisotopic (exact) mass is 361 g/mol. The summed E-state index contributed by atoms with van der Waals surface area (Å²) < 4.78 is 0. The van der Waals surface area contributed by atoms with E-state index in [4.69, 9.17) is 4.84 Å². The van der Waals surface area contributed by atoms with Crippen LogP contribution in [0.5, 0.6) is 0 Å². The van der Waals surface area contributed by atoms with Crippen LogP contribution in [0.25, 0.3) is 11.0 Å². The van der Waals surface area contributed by atoms with Gasteiger partial charge in [-0.25, -0.2) is 10.5 Å². The number of hydroxylamine groups is 1. The molecule has 2 aromatic rings. The lowest BCUT2D eigenvalue weighted by atomic mass is 10.1. The van der Waals surface area contributed by atoms with Crippen molar-refractivity contribution in [3.8, 4) is 0 Å². The van der Waals surface area contributed by atoms with Crippen LogP contribution in [0.2, 0.25) is 0 Å². The van der Waals surface area contributed by atoms with Crippen molar-refractivity contribution in [3.05, 3.63) is 29.5 Å². The molecule has 1 aromatic carbocycles. The zero-order valence-electron chi connectivity index (χ0n) is 15.6.